The van der Waals surface area contributed by atoms with Gasteiger partial charge in [-0.1, -0.05) is 0 Å². The summed E-state index contributed by atoms with van der Waals surface area (Å²) in [5, 5.41) is 17.3. The molecule has 3 heterocycles. The minimum atomic E-state index is -0.0291. The summed E-state index contributed by atoms with van der Waals surface area (Å²) in [6.07, 6.45) is 5.73. The van der Waals surface area contributed by atoms with Crippen molar-refractivity contribution >= 4 is 50.7 Å². The smallest absolute Gasteiger partial charge is 0.225 e. The molecule has 0 unspecified atom stereocenters. The number of pyridine rings is 1. The summed E-state index contributed by atoms with van der Waals surface area (Å²) in [4.78, 5) is 34.3. The highest BCUT2D eigenvalue weighted by Gasteiger charge is 2.16. The summed E-state index contributed by atoms with van der Waals surface area (Å²) in [6.45, 7) is 5.82. The van der Waals surface area contributed by atoms with Crippen LogP contribution in [0.5, 0.6) is 0 Å². The molecule has 2 saturated heterocycles. The number of hydrogen-bond acceptors (Lipinski definition) is 7. The van der Waals surface area contributed by atoms with Crippen molar-refractivity contribution in [3.05, 3.63) is 36.4 Å². The third kappa shape index (κ3) is 5.75. The van der Waals surface area contributed by atoms with Gasteiger partial charge in [0, 0.05) is 48.1 Å². The van der Waals surface area contributed by atoms with E-state index in [-0.39, 0.29) is 11.8 Å². The Morgan fingerprint density at radius 2 is 1.31 bits per heavy atom. The van der Waals surface area contributed by atoms with Crippen LogP contribution in [0.2, 0.25) is 0 Å². The second-order valence-corrected chi connectivity index (χ2v) is 9.76. The minimum Gasteiger partial charge on any atom is -0.326 e. The second kappa shape index (κ2) is 11.2. The molecule has 2 aliphatic heterocycles. The van der Waals surface area contributed by atoms with Crippen LogP contribution < -0.4 is 16.1 Å². The molecule has 5 rings (SSSR count). The predicted octanol–water partition coefficient (Wildman–Crippen LogP) is 4.04. The summed E-state index contributed by atoms with van der Waals surface area (Å²) in [7, 11) is 0. The zero-order valence-corrected chi connectivity index (χ0v) is 20.6. The number of hydrogen-bond donors (Lipinski definition) is 4. The molecule has 2 amide bonds. The van der Waals surface area contributed by atoms with Crippen molar-refractivity contribution in [1.29, 1.82) is 0 Å². The first-order valence-corrected chi connectivity index (χ1v) is 12.9. The van der Waals surface area contributed by atoms with Crippen LogP contribution in [-0.2, 0) is 9.59 Å². The van der Waals surface area contributed by atoms with E-state index in [0.29, 0.717) is 46.3 Å². The van der Waals surface area contributed by atoms with Crippen molar-refractivity contribution < 1.29 is 14.8 Å². The summed E-state index contributed by atoms with van der Waals surface area (Å²) in [5.41, 5.74) is 5.48. The average Bonchev–Trinajstić information content (AvgIpc) is 3.59. The van der Waals surface area contributed by atoms with Gasteiger partial charge in [-0.25, -0.2) is 4.98 Å². The molecule has 2 aliphatic rings. The molecule has 2 aromatic carbocycles. The first kappa shape index (κ1) is 24.4. The number of rotatable bonds is 9. The van der Waals surface area contributed by atoms with Crippen molar-refractivity contribution in [2.75, 3.05) is 55.4 Å². The number of carbonyl (C=O) groups excluding carboxylic acids is 2. The number of fused-ring (bicyclic) bond motifs is 2. The topological polar surface area (TPSA) is 110 Å². The first-order valence-electron chi connectivity index (χ1n) is 12.9. The maximum atomic E-state index is 12.5. The minimum absolute atomic E-state index is 0.0207. The molecule has 0 aliphatic carbocycles. The van der Waals surface area contributed by atoms with E-state index >= 15 is 0 Å². The van der Waals surface area contributed by atoms with Gasteiger partial charge in [0.25, 0.3) is 0 Å². The standard InChI is InChI=1S/C27H34N6O3/c34-25(9-15-32-11-1-2-12-32)28-19-6-8-23-22(17-19)27(31-36)21-7-5-20(18-24(21)30-23)29-26(35)10-16-33-13-3-4-14-33/h5-8,17-18,36H,1-4,9-16H2,(H,28,34)(H,29,35)(H,30,31). The van der Waals surface area contributed by atoms with Crippen LogP contribution in [0.4, 0.5) is 17.1 Å². The van der Waals surface area contributed by atoms with Crippen LogP contribution in [0.15, 0.2) is 36.4 Å². The van der Waals surface area contributed by atoms with E-state index < -0.39 is 0 Å². The molecule has 9 nitrogen and oxygen atoms in total. The lowest BCUT2D eigenvalue weighted by Gasteiger charge is -2.15. The third-order valence-corrected chi connectivity index (χ3v) is 7.16. The van der Waals surface area contributed by atoms with Gasteiger partial charge in [-0.3, -0.25) is 20.3 Å². The largest absolute Gasteiger partial charge is 0.326 e. The number of nitrogens with zero attached hydrogens (tertiary/aromatic N) is 3. The Morgan fingerprint density at radius 1 is 0.750 bits per heavy atom. The Bertz CT molecular complexity index is 1250. The molecule has 0 bridgehead atoms. The molecule has 9 heteroatoms. The van der Waals surface area contributed by atoms with Crippen LogP contribution in [0, 0.1) is 0 Å². The van der Waals surface area contributed by atoms with E-state index in [0.717, 1.165) is 44.7 Å². The lowest BCUT2D eigenvalue weighted by Crippen LogP contribution is -2.25. The van der Waals surface area contributed by atoms with Crippen molar-refractivity contribution in [3.63, 3.8) is 0 Å². The van der Waals surface area contributed by atoms with Crippen molar-refractivity contribution in [2.24, 2.45) is 0 Å². The van der Waals surface area contributed by atoms with Crippen molar-refractivity contribution in [2.45, 2.75) is 38.5 Å². The Labute approximate surface area is 210 Å². The molecule has 0 spiro atoms. The van der Waals surface area contributed by atoms with Crippen molar-refractivity contribution in [3.8, 4) is 0 Å². The van der Waals surface area contributed by atoms with Crippen LogP contribution in [-0.4, -0.2) is 71.1 Å². The fourth-order valence-corrected chi connectivity index (χ4v) is 5.20. The molecule has 190 valence electrons. The Hall–Kier alpha value is -3.27. The Balaban J connectivity index is 1.29. The highest BCUT2D eigenvalue weighted by molar-refractivity contribution is 6.09. The number of benzene rings is 2. The van der Waals surface area contributed by atoms with Crippen LogP contribution in [0.1, 0.15) is 38.5 Å². The van der Waals surface area contributed by atoms with E-state index in [9.17, 15) is 14.8 Å². The monoisotopic (exact) mass is 490 g/mol. The number of likely N-dealkylation sites (tertiary alicyclic amines) is 2. The van der Waals surface area contributed by atoms with Gasteiger partial charge in [-0.15, -0.1) is 0 Å². The summed E-state index contributed by atoms with van der Waals surface area (Å²) >= 11 is 0. The van der Waals surface area contributed by atoms with Gasteiger partial charge >= 0.3 is 0 Å². The van der Waals surface area contributed by atoms with E-state index in [1.54, 1.807) is 0 Å². The maximum absolute atomic E-state index is 12.5. The van der Waals surface area contributed by atoms with Gasteiger partial charge in [-0.2, -0.15) is 0 Å². The molecule has 0 atom stereocenters. The van der Waals surface area contributed by atoms with Gasteiger partial charge in [-0.05, 0) is 88.3 Å². The zero-order chi connectivity index (χ0) is 24.9. The van der Waals surface area contributed by atoms with E-state index in [1.165, 1.54) is 25.7 Å². The Morgan fingerprint density at radius 3 is 1.89 bits per heavy atom. The Kier molecular flexibility index (Phi) is 7.60. The van der Waals surface area contributed by atoms with Crippen LogP contribution >= 0.6 is 0 Å². The zero-order valence-electron chi connectivity index (χ0n) is 20.6. The fraction of sp³-hybridized carbons (Fsp3) is 0.444. The molecular formula is C27H34N6O3. The van der Waals surface area contributed by atoms with Gasteiger partial charge in [0.1, 0.15) is 0 Å². The van der Waals surface area contributed by atoms with Gasteiger partial charge < -0.3 is 20.4 Å². The number of nitrogens with one attached hydrogen (secondary N) is 3. The highest BCUT2D eigenvalue weighted by atomic mass is 16.5. The van der Waals surface area contributed by atoms with Crippen LogP contribution in [0.25, 0.3) is 21.8 Å². The number of aromatic nitrogens is 1. The highest BCUT2D eigenvalue weighted by Crippen LogP contribution is 2.33. The van der Waals surface area contributed by atoms with Gasteiger partial charge in [0.15, 0.2) is 0 Å². The fourth-order valence-electron chi connectivity index (χ4n) is 5.20. The molecule has 1 aromatic heterocycles. The lowest BCUT2D eigenvalue weighted by molar-refractivity contribution is -0.117. The summed E-state index contributed by atoms with van der Waals surface area (Å²) in [6, 6.07) is 10.9. The SMILES string of the molecule is O=C(CCN1CCCC1)Nc1ccc2c(NO)c3cc(NC(=O)CCN4CCCC4)ccc3nc2c1. The van der Waals surface area contributed by atoms with E-state index in [2.05, 4.69) is 25.9 Å². The molecular weight excluding hydrogens is 456 g/mol. The maximum Gasteiger partial charge on any atom is 0.225 e. The molecule has 0 radical (unpaired) electrons. The van der Waals surface area contributed by atoms with E-state index in [4.69, 9.17) is 4.98 Å². The summed E-state index contributed by atoms with van der Waals surface area (Å²) < 4.78 is 0. The second-order valence-electron chi connectivity index (χ2n) is 9.76. The van der Waals surface area contributed by atoms with Gasteiger partial charge in [0.05, 0.1) is 16.7 Å². The van der Waals surface area contributed by atoms with E-state index in [1.807, 2.05) is 36.4 Å². The normalized spacial score (nSPS) is 16.6. The third-order valence-electron chi connectivity index (χ3n) is 7.16. The number of amides is 2. The molecule has 2 fully saturated rings. The molecule has 3 aromatic rings. The quantitative estimate of drug-likeness (QED) is 0.265. The lowest BCUT2D eigenvalue weighted by atomic mass is 10.1. The summed E-state index contributed by atoms with van der Waals surface area (Å²) in [5.74, 6) is -0.0497. The first-order chi connectivity index (χ1) is 17.6. The average molecular weight is 491 g/mol. The predicted molar refractivity (Wildman–Crippen MR) is 142 cm³/mol. The number of carbonyl (C=O) groups is 2. The van der Waals surface area contributed by atoms with Crippen LogP contribution in [0.3, 0.4) is 0 Å². The molecule has 0 saturated carbocycles. The van der Waals surface area contributed by atoms with Gasteiger partial charge in [0.2, 0.25) is 11.8 Å². The number of anilines is 3. The molecule has 4 N–H and O–H groups in total. The van der Waals surface area contributed by atoms with Crippen molar-refractivity contribution in [1.82, 2.24) is 14.8 Å². The molecule has 36 heavy (non-hydrogen) atoms.